The molecule has 2 aliphatic rings. The SMILES string of the molecule is CCC1COCCN1C(=O)C1C=CC(N)C1. The van der Waals surface area contributed by atoms with Gasteiger partial charge in [-0.1, -0.05) is 19.1 Å². The van der Waals surface area contributed by atoms with Crippen molar-refractivity contribution in [1.29, 1.82) is 0 Å². The molecular formula is C12H20N2O2. The van der Waals surface area contributed by atoms with Crippen molar-refractivity contribution < 1.29 is 9.53 Å². The lowest BCUT2D eigenvalue weighted by Gasteiger charge is -2.36. The molecule has 3 atom stereocenters. The third-order valence-corrected chi connectivity index (χ3v) is 3.42. The van der Waals surface area contributed by atoms with Crippen LogP contribution in [-0.2, 0) is 9.53 Å². The molecule has 2 rings (SSSR count). The van der Waals surface area contributed by atoms with Gasteiger partial charge in [0.25, 0.3) is 0 Å². The molecule has 0 spiro atoms. The fraction of sp³-hybridized carbons (Fsp3) is 0.750. The predicted octanol–water partition coefficient (Wildman–Crippen LogP) is 0.527. The van der Waals surface area contributed by atoms with Crippen LogP contribution in [0.15, 0.2) is 12.2 Å². The summed E-state index contributed by atoms with van der Waals surface area (Å²) in [5.74, 6) is 0.210. The van der Waals surface area contributed by atoms with E-state index in [1.165, 1.54) is 0 Å². The minimum Gasteiger partial charge on any atom is -0.377 e. The second-order valence-electron chi connectivity index (χ2n) is 4.56. The van der Waals surface area contributed by atoms with Gasteiger partial charge in [-0.25, -0.2) is 0 Å². The third-order valence-electron chi connectivity index (χ3n) is 3.42. The lowest BCUT2D eigenvalue weighted by atomic mass is 10.0. The highest BCUT2D eigenvalue weighted by atomic mass is 16.5. The Labute approximate surface area is 96.4 Å². The van der Waals surface area contributed by atoms with Crippen LogP contribution in [0.5, 0.6) is 0 Å². The Bertz CT molecular complexity index is 291. The largest absolute Gasteiger partial charge is 0.377 e. The summed E-state index contributed by atoms with van der Waals surface area (Å²) in [6, 6.07) is 0.293. The number of amides is 1. The van der Waals surface area contributed by atoms with Crippen molar-refractivity contribution >= 4 is 5.91 Å². The average Bonchev–Trinajstić information content (AvgIpc) is 2.75. The molecule has 0 aromatic heterocycles. The molecule has 1 amide bonds. The van der Waals surface area contributed by atoms with Gasteiger partial charge in [-0.3, -0.25) is 4.79 Å². The fourth-order valence-corrected chi connectivity index (χ4v) is 2.41. The Morgan fingerprint density at radius 2 is 2.38 bits per heavy atom. The van der Waals surface area contributed by atoms with Gasteiger partial charge in [0, 0.05) is 12.6 Å². The highest BCUT2D eigenvalue weighted by Crippen LogP contribution is 2.22. The number of ether oxygens (including phenoxy) is 1. The summed E-state index contributed by atoms with van der Waals surface area (Å²) in [4.78, 5) is 14.2. The maximum absolute atomic E-state index is 12.3. The van der Waals surface area contributed by atoms with Gasteiger partial charge in [0.15, 0.2) is 0 Å². The zero-order valence-electron chi connectivity index (χ0n) is 9.76. The molecule has 4 nitrogen and oxygen atoms in total. The molecule has 0 saturated carbocycles. The maximum atomic E-state index is 12.3. The van der Waals surface area contributed by atoms with Crippen LogP contribution >= 0.6 is 0 Å². The van der Waals surface area contributed by atoms with E-state index in [0.29, 0.717) is 13.2 Å². The van der Waals surface area contributed by atoms with Crippen molar-refractivity contribution in [2.45, 2.75) is 31.8 Å². The highest BCUT2D eigenvalue weighted by Gasteiger charge is 2.32. The van der Waals surface area contributed by atoms with Crippen molar-refractivity contribution in [3.05, 3.63) is 12.2 Å². The monoisotopic (exact) mass is 224 g/mol. The van der Waals surface area contributed by atoms with Gasteiger partial charge >= 0.3 is 0 Å². The first kappa shape index (κ1) is 11.6. The fourth-order valence-electron chi connectivity index (χ4n) is 2.41. The Morgan fingerprint density at radius 3 is 3.00 bits per heavy atom. The van der Waals surface area contributed by atoms with Crippen LogP contribution in [-0.4, -0.2) is 42.6 Å². The van der Waals surface area contributed by atoms with Crippen LogP contribution in [0.4, 0.5) is 0 Å². The summed E-state index contributed by atoms with van der Waals surface area (Å²) in [5.41, 5.74) is 5.78. The molecule has 2 N–H and O–H groups in total. The van der Waals surface area contributed by atoms with Crippen LogP contribution in [0, 0.1) is 5.92 Å². The Hall–Kier alpha value is -0.870. The van der Waals surface area contributed by atoms with Gasteiger partial charge < -0.3 is 15.4 Å². The molecule has 16 heavy (non-hydrogen) atoms. The van der Waals surface area contributed by atoms with Gasteiger partial charge in [-0.15, -0.1) is 0 Å². The minimum absolute atomic E-state index is 0.0119. The zero-order chi connectivity index (χ0) is 11.5. The first-order valence-corrected chi connectivity index (χ1v) is 6.04. The van der Waals surface area contributed by atoms with Crippen molar-refractivity contribution in [1.82, 2.24) is 4.90 Å². The molecule has 0 bridgehead atoms. The summed E-state index contributed by atoms with van der Waals surface area (Å²) in [7, 11) is 0. The highest BCUT2D eigenvalue weighted by molar-refractivity contribution is 5.81. The Morgan fingerprint density at radius 1 is 1.56 bits per heavy atom. The molecule has 1 fully saturated rings. The topological polar surface area (TPSA) is 55.6 Å². The van der Waals surface area contributed by atoms with E-state index in [2.05, 4.69) is 6.92 Å². The van der Waals surface area contributed by atoms with E-state index in [1.807, 2.05) is 17.1 Å². The molecule has 1 saturated heterocycles. The number of nitrogens with zero attached hydrogens (tertiary/aromatic N) is 1. The number of hydrogen-bond acceptors (Lipinski definition) is 3. The van der Waals surface area contributed by atoms with Crippen molar-refractivity contribution in [2.75, 3.05) is 19.8 Å². The quantitative estimate of drug-likeness (QED) is 0.696. The summed E-state index contributed by atoms with van der Waals surface area (Å²) in [6.45, 7) is 4.14. The predicted molar refractivity (Wildman–Crippen MR) is 61.8 cm³/mol. The van der Waals surface area contributed by atoms with Crippen LogP contribution in [0.1, 0.15) is 19.8 Å². The van der Waals surface area contributed by atoms with Gasteiger partial charge in [-0.2, -0.15) is 0 Å². The van der Waals surface area contributed by atoms with E-state index in [4.69, 9.17) is 10.5 Å². The molecule has 3 unspecified atom stereocenters. The molecule has 0 aromatic rings. The van der Waals surface area contributed by atoms with Crippen molar-refractivity contribution in [2.24, 2.45) is 11.7 Å². The van der Waals surface area contributed by atoms with Gasteiger partial charge in [0.2, 0.25) is 5.91 Å². The third kappa shape index (κ3) is 2.28. The molecule has 90 valence electrons. The Balaban J connectivity index is 1.99. The van der Waals surface area contributed by atoms with E-state index < -0.39 is 0 Å². The number of hydrogen-bond donors (Lipinski definition) is 1. The van der Waals surface area contributed by atoms with E-state index in [1.54, 1.807) is 0 Å². The Kier molecular flexibility index (Phi) is 3.61. The molecule has 0 radical (unpaired) electrons. The normalized spacial score (nSPS) is 34.4. The van der Waals surface area contributed by atoms with Gasteiger partial charge in [-0.05, 0) is 12.8 Å². The number of morpholine rings is 1. The van der Waals surface area contributed by atoms with Gasteiger partial charge in [0.05, 0.1) is 25.2 Å². The summed E-state index contributed by atoms with van der Waals surface area (Å²) in [5, 5.41) is 0. The molecule has 1 heterocycles. The number of carbonyl (C=O) groups is 1. The minimum atomic E-state index is -0.0119. The lowest BCUT2D eigenvalue weighted by molar-refractivity contribution is -0.142. The zero-order valence-corrected chi connectivity index (χ0v) is 9.76. The van der Waals surface area contributed by atoms with Crippen molar-refractivity contribution in [3.8, 4) is 0 Å². The summed E-state index contributed by atoms with van der Waals surface area (Å²) >= 11 is 0. The van der Waals surface area contributed by atoms with Crippen LogP contribution < -0.4 is 5.73 Å². The molecule has 4 heteroatoms. The molecular weight excluding hydrogens is 204 g/mol. The standard InChI is InChI=1S/C12H20N2O2/c1-2-11-8-16-6-5-14(11)12(15)9-3-4-10(13)7-9/h3-4,9-11H,2,5-8,13H2,1H3. The van der Waals surface area contributed by atoms with Crippen molar-refractivity contribution in [3.63, 3.8) is 0 Å². The maximum Gasteiger partial charge on any atom is 0.229 e. The smallest absolute Gasteiger partial charge is 0.229 e. The first-order valence-electron chi connectivity index (χ1n) is 6.04. The van der Waals surface area contributed by atoms with Crippen LogP contribution in [0.2, 0.25) is 0 Å². The number of carbonyl (C=O) groups excluding carboxylic acids is 1. The second kappa shape index (κ2) is 4.97. The van der Waals surface area contributed by atoms with Gasteiger partial charge in [0.1, 0.15) is 0 Å². The van der Waals surface area contributed by atoms with E-state index in [-0.39, 0.29) is 23.9 Å². The number of nitrogens with two attached hydrogens (primary N) is 1. The molecule has 1 aliphatic carbocycles. The lowest BCUT2D eigenvalue weighted by Crippen LogP contribution is -2.50. The average molecular weight is 224 g/mol. The molecule has 1 aliphatic heterocycles. The second-order valence-corrected chi connectivity index (χ2v) is 4.56. The van der Waals surface area contributed by atoms with E-state index in [9.17, 15) is 4.79 Å². The first-order chi connectivity index (χ1) is 7.72. The van der Waals surface area contributed by atoms with E-state index >= 15 is 0 Å². The van der Waals surface area contributed by atoms with Crippen LogP contribution in [0.25, 0.3) is 0 Å². The molecule has 0 aromatic carbocycles. The summed E-state index contributed by atoms with van der Waals surface area (Å²) in [6.07, 6.45) is 5.60. The number of rotatable bonds is 2. The van der Waals surface area contributed by atoms with E-state index in [0.717, 1.165) is 19.4 Å². The van der Waals surface area contributed by atoms with Crippen LogP contribution in [0.3, 0.4) is 0 Å². The summed E-state index contributed by atoms with van der Waals surface area (Å²) < 4.78 is 5.40.